The Morgan fingerprint density at radius 2 is 1.89 bits per heavy atom. The van der Waals surface area contributed by atoms with E-state index in [2.05, 4.69) is 15.5 Å². The van der Waals surface area contributed by atoms with Crippen molar-refractivity contribution in [3.05, 3.63) is 51.5 Å². The van der Waals surface area contributed by atoms with E-state index in [1.165, 1.54) is 26.8 Å². The van der Waals surface area contributed by atoms with Crippen LogP contribution in [0.2, 0.25) is 0 Å². The zero-order valence-corrected chi connectivity index (χ0v) is 23.2. The summed E-state index contributed by atoms with van der Waals surface area (Å²) in [4.78, 5) is 44.1. The first-order valence-corrected chi connectivity index (χ1v) is 13.6. The molecule has 0 saturated carbocycles. The van der Waals surface area contributed by atoms with Crippen molar-refractivity contribution in [2.75, 3.05) is 12.0 Å². The van der Waals surface area contributed by atoms with Gasteiger partial charge in [0.1, 0.15) is 40.0 Å². The lowest BCUT2D eigenvalue weighted by molar-refractivity contribution is -0.123. The number of rotatable bonds is 8. The van der Waals surface area contributed by atoms with Gasteiger partial charge in [-0.2, -0.15) is 16.7 Å². The summed E-state index contributed by atoms with van der Waals surface area (Å²) < 4.78 is 11.3. The van der Waals surface area contributed by atoms with E-state index in [1.807, 2.05) is 20.1 Å². The summed E-state index contributed by atoms with van der Waals surface area (Å²) >= 11 is 1.63. The SMILES string of the molecule is CSCC[C@H](N/C(C)=C1\C(=O)C=C2Oc3c(C(C)=O)c(O)c(C)c(O)c3[C@@]2(C)C1=O)c1nc(C(C)C)no1. The molecule has 0 radical (unpaired) electrons. The topological polar surface area (TPSA) is 152 Å². The summed E-state index contributed by atoms with van der Waals surface area (Å²) in [6, 6.07) is -0.447. The first kappa shape index (κ1) is 27.4. The molecule has 0 bridgehead atoms. The Kier molecular flexibility index (Phi) is 7.17. The fourth-order valence-corrected chi connectivity index (χ4v) is 5.28. The predicted octanol–water partition coefficient (Wildman–Crippen LogP) is 4.16. The van der Waals surface area contributed by atoms with Crippen LogP contribution in [-0.2, 0) is 15.0 Å². The smallest absolute Gasteiger partial charge is 0.249 e. The van der Waals surface area contributed by atoms with Gasteiger partial charge in [-0.15, -0.1) is 0 Å². The molecular weight excluding hydrogens is 510 g/mol. The molecule has 11 heteroatoms. The van der Waals surface area contributed by atoms with E-state index in [0.717, 1.165) is 5.75 Å². The number of Topliss-reactive ketones (excluding diaryl/α,β-unsaturated/α-hetero) is 2. The highest BCUT2D eigenvalue weighted by Gasteiger charge is 2.56. The van der Waals surface area contributed by atoms with Crippen molar-refractivity contribution in [3.63, 3.8) is 0 Å². The van der Waals surface area contributed by atoms with E-state index in [-0.39, 0.29) is 45.4 Å². The Balaban J connectivity index is 1.81. The third kappa shape index (κ3) is 4.18. The molecule has 2 aliphatic rings. The Labute approximate surface area is 224 Å². The lowest BCUT2D eigenvalue weighted by atomic mass is 9.70. The largest absolute Gasteiger partial charge is 0.507 e. The molecule has 0 spiro atoms. The van der Waals surface area contributed by atoms with E-state index in [0.29, 0.717) is 23.8 Å². The van der Waals surface area contributed by atoms with Crippen LogP contribution in [0.3, 0.4) is 0 Å². The van der Waals surface area contributed by atoms with Crippen LogP contribution >= 0.6 is 11.8 Å². The molecule has 38 heavy (non-hydrogen) atoms. The van der Waals surface area contributed by atoms with Crippen LogP contribution < -0.4 is 10.1 Å². The standard InChI is InChI=1S/C27H31N3O7S/c1-11(2)25-29-26(37-30-25)15(8-9-38-7)28-13(4)18-16(32)10-17-27(6,24(18)35)20-22(34)12(3)21(33)19(14(5)31)23(20)36-17/h10-11,15,28,33-34H,8-9H2,1-7H3/b18-13+/t15-,27-/m0/s1. The van der Waals surface area contributed by atoms with Crippen molar-refractivity contribution < 1.29 is 33.9 Å². The molecule has 2 atom stereocenters. The van der Waals surface area contributed by atoms with E-state index >= 15 is 0 Å². The number of aromatic nitrogens is 2. The Morgan fingerprint density at radius 3 is 2.47 bits per heavy atom. The summed E-state index contributed by atoms with van der Waals surface area (Å²) in [6.07, 6.45) is 3.76. The van der Waals surface area contributed by atoms with Crippen molar-refractivity contribution >= 4 is 29.1 Å². The Bertz CT molecular complexity index is 1420. The maximum atomic E-state index is 14.0. The second-order valence-corrected chi connectivity index (χ2v) is 11.0. The lowest BCUT2D eigenvalue weighted by Gasteiger charge is -2.29. The monoisotopic (exact) mass is 541 g/mol. The third-order valence-electron chi connectivity index (χ3n) is 7.03. The molecule has 10 nitrogen and oxygen atoms in total. The van der Waals surface area contributed by atoms with Gasteiger partial charge in [-0.25, -0.2) is 0 Å². The first-order chi connectivity index (χ1) is 17.8. The number of ketones is 3. The van der Waals surface area contributed by atoms with Gasteiger partial charge < -0.3 is 24.8 Å². The summed E-state index contributed by atoms with van der Waals surface area (Å²) in [6.45, 7) is 9.75. The number of fused-ring (bicyclic) bond motifs is 3. The molecule has 2 heterocycles. The minimum atomic E-state index is -1.58. The van der Waals surface area contributed by atoms with Gasteiger partial charge in [-0.3, -0.25) is 14.4 Å². The van der Waals surface area contributed by atoms with Gasteiger partial charge >= 0.3 is 0 Å². The molecule has 2 aromatic rings. The van der Waals surface area contributed by atoms with Gasteiger partial charge in [0.05, 0.1) is 11.1 Å². The van der Waals surface area contributed by atoms with Crippen molar-refractivity contribution in [3.8, 4) is 17.2 Å². The lowest BCUT2D eigenvalue weighted by Crippen LogP contribution is -2.41. The molecule has 4 rings (SSSR count). The summed E-state index contributed by atoms with van der Waals surface area (Å²) in [5.41, 5.74) is -1.45. The highest BCUT2D eigenvalue weighted by molar-refractivity contribution is 7.98. The molecular formula is C27H31N3O7S. The van der Waals surface area contributed by atoms with Crippen LogP contribution in [0.25, 0.3) is 0 Å². The summed E-state index contributed by atoms with van der Waals surface area (Å²) in [5, 5.41) is 28.8. The van der Waals surface area contributed by atoms with Crippen LogP contribution in [-0.4, -0.2) is 49.7 Å². The van der Waals surface area contributed by atoms with Crippen LogP contribution in [0.1, 0.15) is 86.2 Å². The second kappa shape index (κ2) is 9.94. The molecule has 0 unspecified atom stereocenters. The first-order valence-electron chi connectivity index (χ1n) is 12.2. The number of hydrogen-bond donors (Lipinski definition) is 3. The van der Waals surface area contributed by atoms with Crippen LogP contribution in [0.5, 0.6) is 17.2 Å². The highest BCUT2D eigenvalue weighted by atomic mass is 32.2. The van der Waals surface area contributed by atoms with Crippen LogP contribution in [0.4, 0.5) is 0 Å². The van der Waals surface area contributed by atoms with E-state index in [4.69, 9.17) is 9.26 Å². The number of benzene rings is 1. The Hall–Kier alpha value is -3.60. The minimum absolute atomic E-state index is 0.0146. The zero-order valence-electron chi connectivity index (χ0n) is 22.4. The van der Waals surface area contributed by atoms with Crippen LogP contribution in [0.15, 0.2) is 27.6 Å². The summed E-state index contributed by atoms with van der Waals surface area (Å²) in [7, 11) is 0. The maximum Gasteiger partial charge on any atom is 0.249 e. The van der Waals surface area contributed by atoms with Gasteiger partial charge in [0.25, 0.3) is 0 Å². The van der Waals surface area contributed by atoms with Crippen molar-refractivity contribution in [1.29, 1.82) is 0 Å². The number of ether oxygens (including phenoxy) is 1. The van der Waals surface area contributed by atoms with Crippen molar-refractivity contribution in [1.82, 2.24) is 15.5 Å². The molecule has 0 amide bonds. The number of carbonyl (C=O) groups excluding carboxylic acids is 3. The zero-order chi connectivity index (χ0) is 28.1. The number of allylic oxidation sites excluding steroid dienone is 4. The maximum absolute atomic E-state index is 14.0. The van der Waals surface area contributed by atoms with Crippen molar-refractivity contribution in [2.24, 2.45) is 0 Å². The van der Waals surface area contributed by atoms with Gasteiger partial charge in [0, 0.05) is 23.3 Å². The molecule has 1 aromatic heterocycles. The number of thioether (sulfide) groups is 1. The molecule has 1 aliphatic carbocycles. The van der Waals surface area contributed by atoms with Gasteiger partial charge in [-0.1, -0.05) is 19.0 Å². The molecule has 0 fully saturated rings. The van der Waals surface area contributed by atoms with Gasteiger partial charge in [0.2, 0.25) is 5.89 Å². The highest BCUT2D eigenvalue weighted by Crippen LogP contribution is 2.57. The molecule has 1 aliphatic heterocycles. The van der Waals surface area contributed by atoms with Gasteiger partial charge in [-0.05, 0) is 46.1 Å². The van der Waals surface area contributed by atoms with Crippen molar-refractivity contribution in [2.45, 2.75) is 65.3 Å². The molecule has 202 valence electrons. The molecule has 1 aromatic carbocycles. The minimum Gasteiger partial charge on any atom is -0.507 e. The van der Waals surface area contributed by atoms with E-state index in [1.54, 1.807) is 18.7 Å². The number of hydrogen-bond acceptors (Lipinski definition) is 11. The number of phenolic OH excluding ortho intramolecular Hbond substituents is 2. The fourth-order valence-electron chi connectivity index (χ4n) is 4.81. The average Bonchev–Trinajstić information content (AvgIpc) is 3.44. The molecule has 0 saturated heterocycles. The number of nitrogens with one attached hydrogen (secondary N) is 1. The number of phenols is 2. The van der Waals surface area contributed by atoms with Gasteiger partial charge in [0.15, 0.2) is 23.2 Å². The number of aromatic hydroxyl groups is 2. The Morgan fingerprint density at radius 1 is 1.21 bits per heavy atom. The number of nitrogens with zero attached hydrogens (tertiary/aromatic N) is 2. The molecule has 3 N–H and O–H groups in total. The van der Waals surface area contributed by atoms with E-state index < -0.39 is 34.6 Å². The van der Waals surface area contributed by atoms with E-state index in [9.17, 15) is 24.6 Å². The normalized spacial score (nSPS) is 20.6. The predicted molar refractivity (Wildman–Crippen MR) is 141 cm³/mol. The summed E-state index contributed by atoms with van der Waals surface area (Å²) in [5.74, 6) is -0.889. The second-order valence-electron chi connectivity index (χ2n) is 10.0. The average molecular weight is 542 g/mol. The third-order valence-corrected chi connectivity index (χ3v) is 7.68. The van der Waals surface area contributed by atoms with Crippen LogP contribution in [0, 0.1) is 6.92 Å². The fraction of sp³-hybridized carbons (Fsp3) is 0.444. The quantitative estimate of drug-likeness (QED) is 0.251. The number of carbonyl (C=O) groups is 3.